The number of ether oxygens (including phenoxy) is 1. The van der Waals surface area contributed by atoms with E-state index < -0.39 is 11.9 Å². The largest absolute Gasteiger partial charge is 0.478 e. The summed E-state index contributed by atoms with van der Waals surface area (Å²) in [5.74, 6) is -1.43. The number of carbonyl (C=O) groups is 2. The first kappa shape index (κ1) is 9.71. The third kappa shape index (κ3) is 1.29. The van der Waals surface area contributed by atoms with Crippen LogP contribution in [-0.2, 0) is 11.3 Å². The summed E-state index contributed by atoms with van der Waals surface area (Å²) in [6.45, 7) is 3.61. The van der Waals surface area contributed by atoms with Gasteiger partial charge in [-0.3, -0.25) is 0 Å². The molecule has 1 aliphatic heterocycles. The Morgan fingerprint density at radius 2 is 2.13 bits per heavy atom. The molecule has 0 spiro atoms. The van der Waals surface area contributed by atoms with Gasteiger partial charge in [0, 0.05) is 5.56 Å². The quantitative estimate of drug-likeness (QED) is 0.710. The second kappa shape index (κ2) is 3.08. The van der Waals surface area contributed by atoms with Gasteiger partial charge in [-0.2, -0.15) is 0 Å². The maximum Gasteiger partial charge on any atom is 0.339 e. The van der Waals surface area contributed by atoms with Gasteiger partial charge in [0.1, 0.15) is 6.61 Å². The van der Waals surface area contributed by atoms with Crippen LogP contribution in [0.1, 0.15) is 37.4 Å². The molecule has 4 nitrogen and oxygen atoms in total. The number of cyclic esters (lactones) is 1. The number of aryl methyl sites for hydroxylation is 1. The molecule has 0 saturated carbocycles. The fourth-order valence-corrected chi connectivity index (χ4v) is 2.01. The fourth-order valence-electron chi connectivity index (χ4n) is 2.01. The van der Waals surface area contributed by atoms with Gasteiger partial charge in [0.25, 0.3) is 0 Å². The molecule has 2 rings (SSSR count). The smallest absolute Gasteiger partial charge is 0.339 e. The molecule has 0 atom stereocenters. The van der Waals surface area contributed by atoms with Crippen molar-refractivity contribution in [3.63, 3.8) is 0 Å². The second-order valence-corrected chi connectivity index (χ2v) is 3.61. The summed E-state index contributed by atoms with van der Waals surface area (Å²) in [5.41, 5.74) is 2.56. The summed E-state index contributed by atoms with van der Waals surface area (Å²) in [6.07, 6.45) is 0. The molecule has 1 aromatic rings. The lowest BCUT2D eigenvalue weighted by Crippen LogP contribution is -2.08. The van der Waals surface area contributed by atoms with E-state index in [1.807, 2.05) is 0 Å². The van der Waals surface area contributed by atoms with Crippen molar-refractivity contribution >= 4 is 11.9 Å². The van der Waals surface area contributed by atoms with Crippen molar-refractivity contribution < 1.29 is 19.4 Å². The molecule has 0 aliphatic carbocycles. The molecule has 0 amide bonds. The van der Waals surface area contributed by atoms with Gasteiger partial charge in [0.15, 0.2) is 0 Å². The van der Waals surface area contributed by atoms with Crippen molar-refractivity contribution in [3.05, 3.63) is 33.9 Å². The molecule has 0 saturated heterocycles. The molecule has 0 aromatic heterocycles. The first-order chi connectivity index (χ1) is 7.02. The van der Waals surface area contributed by atoms with E-state index >= 15 is 0 Å². The van der Waals surface area contributed by atoms with E-state index in [0.717, 1.165) is 5.56 Å². The highest BCUT2D eigenvalue weighted by atomic mass is 16.5. The molecule has 0 fully saturated rings. The molecule has 4 heteroatoms. The van der Waals surface area contributed by atoms with E-state index in [1.54, 1.807) is 19.9 Å². The minimum atomic E-state index is -1.01. The molecule has 1 N–H and O–H groups in total. The van der Waals surface area contributed by atoms with Crippen LogP contribution in [0.2, 0.25) is 0 Å². The van der Waals surface area contributed by atoms with Gasteiger partial charge in [-0.25, -0.2) is 9.59 Å². The summed E-state index contributed by atoms with van der Waals surface area (Å²) >= 11 is 0. The fraction of sp³-hybridized carbons (Fsp3) is 0.273. The highest BCUT2D eigenvalue weighted by Gasteiger charge is 2.27. The highest BCUT2D eigenvalue weighted by Crippen LogP contribution is 2.28. The zero-order valence-electron chi connectivity index (χ0n) is 8.46. The normalized spacial score (nSPS) is 13.6. The first-order valence-electron chi connectivity index (χ1n) is 4.56. The van der Waals surface area contributed by atoms with Crippen molar-refractivity contribution in [2.24, 2.45) is 0 Å². The number of benzene rings is 1. The molecule has 0 unspecified atom stereocenters. The molecule has 0 radical (unpaired) electrons. The summed E-state index contributed by atoms with van der Waals surface area (Å²) in [7, 11) is 0. The van der Waals surface area contributed by atoms with Crippen LogP contribution in [0.15, 0.2) is 6.07 Å². The number of carboxylic acid groups (broad SMARTS) is 1. The molecule has 15 heavy (non-hydrogen) atoms. The average molecular weight is 206 g/mol. The van der Waals surface area contributed by atoms with Crippen LogP contribution in [0.3, 0.4) is 0 Å². The lowest BCUT2D eigenvalue weighted by molar-refractivity contribution is 0.0534. The Bertz CT molecular complexity index is 470. The summed E-state index contributed by atoms with van der Waals surface area (Å²) in [4.78, 5) is 22.4. The van der Waals surface area contributed by atoms with Gasteiger partial charge in [-0.1, -0.05) is 6.07 Å². The molecular formula is C11H10O4. The van der Waals surface area contributed by atoms with Crippen molar-refractivity contribution in [1.29, 1.82) is 0 Å². The van der Waals surface area contributed by atoms with E-state index in [-0.39, 0.29) is 12.2 Å². The van der Waals surface area contributed by atoms with Crippen LogP contribution < -0.4 is 0 Å². The highest BCUT2D eigenvalue weighted by molar-refractivity contribution is 6.00. The van der Waals surface area contributed by atoms with Crippen LogP contribution in [0.4, 0.5) is 0 Å². The van der Waals surface area contributed by atoms with Gasteiger partial charge in [0.05, 0.1) is 11.1 Å². The van der Waals surface area contributed by atoms with E-state index in [2.05, 4.69) is 0 Å². The maximum atomic E-state index is 11.4. The number of carbonyl (C=O) groups excluding carboxylic acids is 1. The number of hydrogen-bond donors (Lipinski definition) is 1. The Kier molecular flexibility index (Phi) is 2.00. The predicted octanol–water partition coefficient (Wildman–Crippen LogP) is 1.67. The molecule has 1 aromatic carbocycles. The number of esters is 1. The van der Waals surface area contributed by atoms with Crippen molar-refractivity contribution in [2.75, 3.05) is 0 Å². The van der Waals surface area contributed by atoms with Crippen LogP contribution in [0.25, 0.3) is 0 Å². The molecule has 1 heterocycles. The van der Waals surface area contributed by atoms with Gasteiger partial charge >= 0.3 is 11.9 Å². The average Bonchev–Trinajstić information content (AvgIpc) is 2.46. The third-order valence-electron chi connectivity index (χ3n) is 2.63. The molecule has 0 bridgehead atoms. The SMILES string of the molecule is Cc1cc2c(c(C)c1C(=O)O)C(=O)OC2. The maximum absolute atomic E-state index is 11.4. The Labute approximate surface area is 86.5 Å². The first-order valence-corrected chi connectivity index (χ1v) is 4.56. The van der Waals surface area contributed by atoms with Gasteiger partial charge in [0.2, 0.25) is 0 Å². The van der Waals surface area contributed by atoms with Gasteiger partial charge in [-0.05, 0) is 25.0 Å². The Morgan fingerprint density at radius 3 is 2.73 bits per heavy atom. The van der Waals surface area contributed by atoms with E-state index in [4.69, 9.17) is 9.84 Å². The van der Waals surface area contributed by atoms with Crippen molar-refractivity contribution in [1.82, 2.24) is 0 Å². The topological polar surface area (TPSA) is 63.6 Å². The lowest BCUT2D eigenvalue weighted by Gasteiger charge is -2.08. The molecular weight excluding hydrogens is 196 g/mol. The second-order valence-electron chi connectivity index (χ2n) is 3.61. The minimum Gasteiger partial charge on any atom is -0.478 e. The number of aromatic carboxylic acids is 1. The lowest BCUT2D eigenvalue weighted by atomic mass is 9.94. The van der Waals surface area contributed by atoms with Crippen LogP contribution in [0, 0.1) is 13.8 Å². The minimum absolute atomic E-state index is 0.201. The van der Waals surface area contributed by atoms with Gasteiger partial charge in [-0.15, -0.1) is 0 Å². The standard InChI is InChI=1S/C11H10O4/c1-5-3-7-4-15-11(14)9(7)6(2)8(5)10(12)13/h3H,4H2,1-2H3,(H,12,13). The number of fused-ring (bicyclic) bond motifs is 1. The Balaban J connectivity index is 2.76. The van der Waals surface area contributed by atoms with E-state index in [0.29, 0.717) is 16.7 Å². The van der Waals surface area contributed by atoms with E-state index in [9.17, 15) is 9.59 Å². The molecule has 1 aliphatic rings. The Hall–Kier alpha value is -1.84. The number of hydrogen-bond acceptors (Lipinski definition) is 3. The van der Waals surface area contributed by atoms with Crippen LogP contribution in [0.5, 0.6) is 0 Å². The predicted molar refractivity (Wildman–Crippen MR) is 52.0 cm³/mol. The number of carboxylic acids is 1. The number of rotatable bonds is 1. The Morgan fingerprint density at radius 1 is 1.47 bits per heavy atom. The summed E-state index contributed by atoms with van der Waals surface area (Å²) < 4.78 is 4.86. The van der Waals surface area contributed by atoms with Crippen LogP contribution in [-0.4, -0.2) is 17.0 Å². The third-order valence-corrected chi connectivity index (χ3v) is 2.63. The zero-order chi connectivity index (χ0) is 11.2. The zero-order valence-corrected chi connectivity index (χ0v) is 8.46. The van der Waals surface area contributed by atoms with Crippen LogP contribution >= 0.6 is 0 Å². The summed E-state index contributed by atoms with van der Waals surface area (Å²) in [6, 6.07) is 1.71. The monoisotopic (exact) mass is 206 g/mol. The van der Waals surface area contributed by atoms with E-state index in [1.165, 1.54) is 0 Å². The van der Waals surface area contributed by atoms with Crippen molar-refractivity contribution in [2.45, 2.75) is 20.5 Å². The molecule has 78 valence electrons. The van der Waals surface area contributed by atoms with Crippen molar-refractivity contribution in [3.8, 4) is 0 Å². The summed E-state index contributed by atoms with van der Waals surface area (Å²) in [5, 5.41) is 9.01. The van der Waals surface area contributed by atoms with Gasteiger partial charge < -0.3 is 9.84 Å².